The Morgan fingerprint density at radius 3 is 2.67 bits per heavy atom. The summed E-state index contributed by atoms with van der Waals surface area (Å²) in [6.45, 7) is 3.04. The van der Waals surface area contributed by atoms with Crippen LogP contribution < -0.4 is 5.32 Å². The Hall–Kier alpha value is -1.28. The highest BCUT2D eigenvalue weighted by Crippen LogP contribution is 2.32. The SMILES string of the molecule is Cl.O=[N+]([O-])c1cc(F)ccc1[C@H](CCO)N1CCNCC1. The van der Waals surface area contributed by atoms with Crippen LogP contribution in [0.15, 0.2) is 18.2 Å². The van der Waals surface area contributed by atoms with E-state index in [1.165, 1.54) is 12.1 Å². The molecule has 0 saturated carbocycles. The van der Waals surface area contributed by atoms with Crippen molar-refractivity contribution in [3.63, 3.8) is 0 Å². The van der Waals surface area contributed by atoms with Gasteiger partial charge in [0.05, 0.1) is 11.0 Å². The Balaban J connectivity index is 0.00000220. The highest BCUT2D eigenvalue weighted by atomic mass is 35.5. The molecule has 1 atom stereocenters. The van der Waals surface area contributed by atoms with Crippen LogP contribution in [0.5, 0.6) is 0 Å². The maximum Gasteiger partial charge on any atom is 0.277 e. The first-order valence-electron chi connectivity index (χ1n) is 6.63. The zero-order chi connectivity index (χ0) is 14.5. The molecular weight excluding hydrogens is 301 g/mol. The van der Waals surface area contributed by atoms with Gasteiger partial charge in [0.2, 0.25) is 0 Å². The van der Waals surface area contributed by atoms with Gasteiger partial charge in [0.15, 0.2) is 0 Å². The van der Waals surface area contributed by atoms with Crippen molar-refractivity contribution < 1.29 is 14.4 Å². The monoisotopic (exact) mass is 319 g/mol. The predicted octanol–water partition coefficient (Wildman–Crippen LogP) is 1.48. The summed E-state index contributed by atoms with van der Waals surface area (Å²) in [6.07, 6.45) is 0.395. The smallest absolute Gasteiger partial charge is 0.277 e. The van der Waals surface area contributed by atoms with Crippen LogP contribution in [0.4, 0.5) is 10.1 Å². The highest BCUT2D eigenvalue weighted by Gasteiger charge is 2.28. The van der Waals surface area contributed by atoms with E-state index in [0.29, 0.717) is 12.0 Å². The van der Waals surface area contributed by atoms with E-state index in [4.69, 9.17) is 0 Å². The van der Waals surface area contributed by atoms with E-state index in [0.717, 1.165) is 32.2 Å². The van der Waals surface area contributed by atoms with Gasteiger partial charge in [0, 0.05) is 44.4 Å². The van der Waals surface area contributed by atoms with Gasteiger partial charge in [-0.05, 0) is 18.6 Å². The number of nitrogens with one attached hydrogen (secondary N) is 1. The average Bonchev–Trinajstić information content (AvgIpc) is 2.46. The number of aliphatic hydroxyl groups excluding tert-OH is 1. The van der Waals surface area contributed by atoms with Crippen LogP contribution in [-0.2, 0) is 0 Å². The Labute approximate surface area is 128 Å². The van der Waals surface area contributed by atoms with Crippen molar-refractivity contribution >= 4 is 18.1 Å². The number of aliphatic hydroxyl groups is 1. The number of nitro benzene ring substituents is 1. The maximum atomic E-state index is 13.2. The third-order valence-corrected chi connectivity index (χ3v) is 3.54. The second-order valence-electron chi connectivity index (χ2n) is 4.77. The Morgan fingerprint density at radius 2 is 2.10 bits per heavy atom. The normalized spacial score (nSPS) is 17.0. The lowest BCUT2D eigenvalue weighted by Crippen LogP contribution is -2.45. The van der Waals surface area contributed by atoms with Crippen LogP contribution in [0, 0.1) is 15.9 Å². The van der Waals surface area contributed by atoms with Gasteiger partial charge in [0.25, 0.3) is 5.69 Å². The largest absolute Gasteiger partial charge is 0.396 e. The molecule has 0 spiro atoms. The molecule has 2 rings (SSSR count). The van der Waals surface area contributed by atoms with Gasteiger partial charge < -0.3 is 10.4 Å². The molecule has 1 aromatic carbocycles. The number of piperazine rings is 1. The first-order valence-corrected chi connectivity index (χ1v) is 6.63. The number of nitrogens with zero attached hydrogens (tertiary/aromatic N) is 2. The van der Waals surface area contributed by atoms with E-state index < -0.39 is 10.7 Å². The first kappa shape index (κ1) is 17.8. The quantitative estimate of drug-likeness (QED) is 0.635. The van der Waals surface area contributed by atoms with Crippen molar-refractivity contribution in [2.24, 2.45) is 0 Å². The number of hydrogen-bond acceptors (Lipinski definition) is 5. The summed E-state index contributed by atoms with van der Waals surface area (Å²) in [7, 11) is 0. The van der Waals surface area contributed by atoms with Gasteiger partial charge >= 0.3 is 0 Å². The molecular formula is C13H19ClFN3O3. The lowest BCUT2D eigenvalue weighted by molar-refractivity contribution is -0.386. The average molecular weight is 320 g/mol. The zero-order valence-electron chi connectivity index (χ0n) is 11.5. The third kappa shape index (κ3) is 4.34. The Kier molecular flexibility index (Phi) is 6.97. The van der Waals surface area contributed by atoms with E-state index >= 15 is 0 Å². The molecule has 8 heteroatoms. The standard InChI is InChI=1S/C13H18FN3O3.ClH/c14-10-1-2-11(13(9-10)17(19)20)12(3-8-18)16-6-4-15-5-7-16;/h1-2,9,12,15,18H,3-8H2;1H/t12-;/m0./s1. The third-order valence-electron chi connectivity index (χ3n) is 3.54. The highest BCUT2D eigenvalue weighted by molar-refractivity contribution is 5.85. The number of halogens is 2. The van der Waals surface area contributed by atoms with Crippen molar-refractivity contribution in [1.29, 1.82) is 0 Å². The van der Waals surface area contributed by atoms with Crippen LogP contribution in [-0.4, -0.2) is 47.7 Å². The number of nitro groups is 1. The molecule has 21 heavy (non-hydrogen) atoms. The lowest BCUT2D eigenvalue weighted by Gasteiger charge is -2.34. The van der Waals surface area contributed by atoms with Crippen molar-refractivity contribution in [3.05, 3.63) is 39.7 Å². The van der Waals surface area contributed by atoms with E-state index in [-0.39, 0.29) is 30.7 Å². The summed E-state index contributed by atoms with van der Waals surface area (Å²) in [4.78, 5) is 12.6. The molecule has 118 valence electrons. The minimum Gasteiger partial charge on any atom is -0.396 e. The van der Waals surface area contributed by atoms with Crippen LogP contribution >= 0.6 is 12.4 Å². The first-order chi connectivity index (χ1) is 9.63. The number of benzene rings is 1. The van der Waals surface area contributed by atoms with Crippen molar-refractivity contribution in [3.8, 4) is 0 Å². The van der Waals surface area contributed by atoms with Crippen molar-refractivity contribution in [2.75, 3.05) is 32.8 Å². The van der Waals surface area contributed by atoms with Gasteiger partial charge in [-0.1, -0.05) is 0 Å². The Morgan fingerprint density at radius 1 is 1.43 bits per heavy atom. The van der Waals surface area contributed by atoms with E-state index in [1.54, 1.807) is 0 Å². The van der Waals surface area contributed by atoms with Crippen LogP contribution in [0.2, 0.25) is 0 Å². The van der Waals surface area contributed by atoms with Crippen molar-refractivity contribution in [1.82, 2.24) is 10.2 Å². The van der Waals surface area contributed by atoms with Gasteiger partial charge in [-0.15, -0.1) is 12.4 Å². The van der Waals surface area contributed by atoms with E-state index in [1.807, 2.05) is 0 Å². The number of hydrogen-bond donors (Lipinski definition) is 2. The molecule has 0 radical (unpaired) electrons. The van der Waals surface area contributed by atoms with Gasteiger partial charge in [-0.25, -0.2) is 4.39 Å². The van der Waals surface area contributed by atoms with Crippen LogP contribution in [0.25, 0.3) is 0 Å². The van der Waals surface area contributed by atoms with Crippen molar-refractivity contribution in [2.45, 2.75) is 12.5 Å². The van der Waals surface area contributed by atoms with Gasteiger partial charge in [0.1, 0.15) is 5.82 Å². The fourth-order valence-electron chi connectivity index (χ4n) is 2.61. The molecule has 0 aromatic heterocycles. The second kappa shape index (κ2) is 8.23. The van der Waals surface area contributed by atoms with Gasteiger partial charge in [-0.3, -0.25) is 15.0 Å². The molecule has 0 bridgehead atoms. The molecule has 6 nitrogen and oxygen atoms in total. The molecule has 1 saturated heterocycles. The fraction of sp³-hybridized carbons (Fsp3) is 0.538. The summed E-state index contributed by atoms with van der Waals surface area (Å²) in [5, 5.41) is 23.5. The summed E-state index contributed by atoms with van der Waals surface area (Å²) < 4.78 is 13.2. The maximum absolute atomic E-state index is 13.2. The summed E-state index contributed by atoms with van der Waals surface area (Å²) in [5.41, 5.74) is 0.245. The van der Waals surface area contributed by atoms with E-state index in [2.05, 4.69) is 10.2 Å². The molecule has 1 aromatic rings. The summed E-state index contributed by atoms with van der Waals surface area (Å²) in [5.74, 6) is -0.622. The van der Waals surface area contributed by atoms with Crippen LogP contribution in [0.3, 0.4) is 0 Å². The molecule has 0 aliphatic carbocycles. The molecule has 1 aliphatic heterocycles. The molecule has 1 aliphatic rings. The summed E-state index contributed by atoms with van der Waals surface area (Å²) in [6, 6.07) is 3.37. The Bertz CT molecular complexity index is 484. The molecule has 0 amide bonds. The molecule has 1 heterocycles. The van der Waals surface area contributed by atoms with Crippen LogP contribution in [0.1, 0.15) is 18.0 Å². The lowest BCUT2D eigenvalue weighted by atomic mass is 9.99. The molecule has 0 unspecified atom stereocenters. The number of rotatable bonds is 5. The minimum absolute atomic E-state index is 0. The summed E-state index contributed by atoms with van der Waals surface area (Å²) >= 11 is 0. The van der Waals surface area contributed by atoms with E-state index in [9.17, 15) is 19.6 Å². The molecule has 2 N–H and O–H groups in total. The topological polar surface area (TPSA) is 78.6 Å². The predicted molar refractivity (Wildman–Crippen MR) is 79.2 cm³/mol. The molecule has 1 fully saturated rings. The zero-order valence-corrected chi connectivity index (χ0v) is 12.3. The minimum atomic E-state index is -0.622. The fourth-order valence-corrected chi connectivity index (χ4v) is 2.61. The second-order valence-corrected chi connectivity index (χ2v) is 4.77. The van der Waals surface area contributed by atoms with Gasteiger partial charge in [-0.2, -0.15) is 0 Å².